The number of anilines is 1. The average Bonchev–Trinajstić information content (AvgIpc) is 2.48. The molecule has 1 aromatic rings. The Labute approximate surface area is 166 Å². The quantitative estimate of drug-likeness (QED) is 0.724. The van der Waals surface area contributed by atoms with Crippen LogP contribution in [-0.2, 0) is 4.74 Å². The molecule has 3 N–H and O–H groups in total. The molecule has 9 heteroatoms. The number of nitrogens with zero attached hydrogens (tertiary/aromatic N) is 1. The van der Waals surface area contributed by atoms with Crippen molar-refractivity contribution in [1.29, 1.82) is 0 Å². The van der Waals surface area contributed by atoms with E-state index in [0.29, 0.717) is 35.2 Å². The first-order valence-electron chi connectivity index (χ1n) is 7.60. The Morgan fingerprint density at radius 3 is 2.72 bits per heavy atom. The molecule has 0 aliphatic carbocycles. The van der Waals surface area contributed by atoms with E-state index < -0.39 is 0 Å². The predicted octanol–water partition coefficient (Wildman–Crippen LogP) is 2.62. The predicted molar refractivity (Wildman–Crippen MR) is 106 cm³/mol. The van der Waals surface area contributed by atoms with Crippen LogP contribution >= 0.6 is 36.4 Å². The van der Waals surface area contributed by atoms with Crippen molar-refractivity contribution in [2.75, 3.05) is 45.6 Å². The van der Waals surface area contributed by atoms with Crippen LogP contribution in [0.3, 0.4) is 0 Å². The minimum atomic E-state index is -0.226. The van der Waals surface area contributed by atoms with Gasteiger partial charge in [0, 0.05) is 32.2 Å². The summed E-state index contributed by atoms with van der Waals surface area (Å²) in [6.07, 6.45) is 0. The minimum absolute atomic E-state index is 0. The molecular formula is C16H26Cl3N3O3. The van der Waals surface area contributed by atoms with Crippen molar-refractivity contribution in [2.45, 2.75) is 19.4 Å². The Balaban J connectivity index is 0.00000288. The number of amides is 1. The molecule has 2 rings (SSSR count). The average molecular weight is 415 g/mol. The van der Waals surface area contributed by atoms with Gasteiger partial charge in [-0.15, -0.1) is 24.8 Å². The molecule has 1 aliphatic heterocycles. The first-order chi connectivity index (χ1) is 10.8. The summed E-state index contributed by atoms with van der Waals surface area (Å²) in [5.41, 5.74) is 6.35. The highest BCUT2D eigenvalue weighted by molar-refractivity contribution is 6.33. The SMILES string of the molecule is COc1cc(N)c(Cl)cc1C(=O)NCCN1CCOC(C)(C)C1.Cl.Cl. The van der Waals surface area contributed by atoms with Crippen molar-refractivity contribution in [2.24, 2.45) is 0 Å². The van der Waals surface area contributed by atoms with Crippen LogP contribution in [-0.4, -0.2) is 56.3 Å². The summed E-state index contributed by atoms with van der Waals surface area (Å²) >= 11 is 5.99. The van der Waals surface area contributed by atoms with E-state index in [2.05, 4.69) is 24.1 Å². The second kappa shape index (κ2) is 10.3. The minimum Gasteiger partial charge on any atom is -0.496 e. The van der Waals surface area contributed by atoms with Gasteiger partial charge in [0.2, 0.25) is 0 Å². The summed E-state index contributed by atoms with van der Waals surface area (Å²) in [7, 11) is 1.50. The Hall–Kier alpha value is -0.920. The lowest BCUT2D eigenvalue weighted by Crippen LogP contribution is -2.50. The van der Waals surface area contributed by atoms with Gasteiger partial charge in [-0.3, -0.25) is 9.69 Å². The zero-order valence-corrected chi connectivity index (χ0v) is 17.0. The van der Waals surface area contributed by atoms with Crippen LogP contribution < -0.4 is 15.8 Å². The van der Waals surface area contributed by atoms with Crippen molar-refractivity contribution in [3.63, 3.8) is 0 Å². The number of nitrogen functional groups attached to an aromatic ring is 1. The summed E-state index contributed by atoms with van der Waals surface area (Å²) in [4.78, 5) is 14.6. The third-order valence-electron chi connectivity index (χ3n) is 3.78. The number of nitrogens with one attached hydrogen (secondary N) is 1. The molecule has 0 aromatic heterocycles. The number of nitrogens with two attached hydrogens (primary N) is 1. The molecular weight excluding hydrogens is 389 g/mol. The fraction of sp³-hybridized carbons (Fsp3) is 0.562. The Morgan fingerprint density at radius 1 is 1.44 bits per heavy atom. The lowest BCUT2D eigenvalue weighted by Gasteiger charge is -2.38. The molecule has 0 radical (unpaired) electrons. The summed E-state index contributed by atoms with van der Waals surface area (Å²) in [6.45, 7) is 7.88. The molecule has 144 valence electrons. The normalized spacial score (nSPS) is 16.3. The molecule has 1 fully saturated rings. The lowest BCUT2D eigenvalue weighted by molar-refractivity contribution is -0.0853. The lowest BCUT2D eigenvalue weighted by atomic mass is 10.1. The highest BCUT2D eigenvalue weighted by Crippen LogP contribution is 2.28. The van der Waals surface area contributed by atoms with Crippen LogP contribution in [0.2, 0.25) is 5.02 Å². The molecule has 0 spiro atoms. The fourth-order valence-electron chi connectivity index (χ4n) is 2.64. The van der Waals surface area contributed by atoms with E-state index in [1.807, 2.05) is 0 Å². The third kappa shape index (κ3) is 6.72. The first kappa shape index (κ1) is 24.1. The van der Waals surface area contributed by atoms with Crippen LogP contribution in [0.1, 0.15) is 24.2 Å². The number of hydrogen-bond donors (Lipinski definition) is 2. The van der Waals surface area contributed by atoms with Crippen LogP contribution in [0.25, 0.3) is 0 Å². The summed E-state index contributed by atoms with van der Waals surface area (Å²) < 4.78 is 10.9. The van der Waals surface area contributed by atoms with E-state index >= 15 is 0 Å². The van der Waals surface area contributed by atoms with Gasteiger partial charge in [0.25, 0.3) is 5.91 Å². The van der Waals surface area contributed by atoms with Crippen molar-refractivity contribution < 1.29 is 14.3 Å². The molecule has 1 amide bonds. The largest absolute Gasteiger partial charge is 0.496 e. The maximum absolute atomic E-state index is 12.3. The van der Waals surface area contributed by atoms with E-state index in [1.165, 1.54) is 13.2 Å². The number of carbonyl (C=O) groups is 1. The van der Waals surface area contributed by atoms with Crippen LogP contribution in [0.4, 0.5) is 5.69 Å². The number of ether oxygens (including phenoxy) is 2. The Morgan fingerprint density at radius 2 is 2.12 bits per heavy atom. The number of hydrogen-bond acceptors (Lipinski definition) is 5. The number of halogens is 3. The molecule has 0 bridgehead atoms. The van der Waals surface area contributed by atoms with Gasteiger partial charge >= 0.3 is 0 Å². The topological polar surface area (TPSA) is 76.8 Å². The van der Waals surface area contributed by atoms with Crippen molar-refractivity contribution in [3.8, 4) is 5.75 Å². The van der Waals surface area contributed by atoms with Crippen LogP contribution in [0, 0.1) is 0 Å². The highest BCUT2D eigenvalue weighted by atomic mass is 35.5. The summed E-state index contributed by atoms with van der Waals surface area (Å²) in [6, 6.07) is 3.09. The smallest absolute Gasteiger partial charge is 0.255 e. The van der Waals surface area contributed by atoms with Gasteiger partial charge in [0.15, 0.2) is 0 Å². The zero-order valence-electron chi connectivity index (χ0n) is 14.6. The van der Waals surface area contributed by atoms with Crippen molar-refractivity contribution in [1.82, 2.24) is 10.2 Å². The van der Waals surface area contributed by atoms with Gasteiger partial charge < -0.3 is 20.5 Å². The highest BCUT2D eigenvalue weighted by Gasteiger charge is 2.26. The molecule has 1 saturated heterocycles. The zero-order chi connectivity index (χ0) is 17.0. The van der Waals surface area contributed by atoms with Crippen LogP contribution in [0.15, 0.2) is 12.1 Å². The van der Waals surface area contributed by atoms with E-state index in [4.69, 9.17) is 26.8 Å². The van der Waals surface area contributed by atoms with Crippen molar-refractivity contribution in [3.05, 3.63) is 22.7 Å². The van der Waals surface area contributed by atoms with Gasteiger partial charge in [-0.2, -0.15) is 0 Å². The van der Waals surface area contributed by atoms with Gasteiger partial charge in [-0.05, 0) is 19.9 Å². The van der Waals surface area contributed by atoms with Crippen molar-refractivity contribution >= 4 is 48.0 Å². The number of rotatable bonds is 5. The van der Waals surface area contributed by atoms with Gasteiger partial charge in [-0.1, -0.05) is 11.6 Å². The van der Waals surface area contributed by atoms with Gasteiger partial charge in [0.05, 0.1) is 35.6 Å². The monoisotopic (exact) mass is 413 g/mol. The number of carbonyl (C=O) groups excluding carboxylic acids is 1. The number of methoxy groups -OCH3 is 1. The van der Waals surface area contributed by atoms with E-state index in [1.54, 1.807) is 6.07 Å². The van der Waals surface area contributed by atoms with E-state index in [-0.39, 0.29) is 36.3 Å². The van der Waals surface area contributed by atoms with Gasteiger partial charge in [0.1, 0.15) is 5.75 Å². The first-order valence-corrected chi connectivity index (χ1v) is 7.98. The number of benzene rings is 1. The van der Waals surface area contributed by atoms with E-state index in [0.717, 1.165) is 19.6 Å². The molecule has 0 saturated carbocycles. The molecule has 1 aliphatic rings. The Bertz CT molecular complexity index is 585. The van der Waals surface area contributed by atoms with Crippen LogP contribution in [0.5, 0.6) is 5.75 Å². The molecule has 0 unspecified atom stereocenters. The molecule has 1 heterocycles. The summed E-state index contributed by atoms with van der Waals surface area (Å²) in [5.74, 6) is 0.188. The Kier molecular flexibility index (Phi) is 9.90. The third-order valence-corrected chi connectivity index (χ3v) is 4.11. The molecule has 25 heavy (non-hydrogen) atoms. The fourth-order valence-corrected chi connectivity index (χ4v) is 2.81. The second-order valence-electron chi connectivity index (χ2n) is 6.21. The maximum Gasteiger partial charge on any atom is 0.255 e. The molecule has 1 aromatic carbocycles. The number of morpholine rings is 1. The van der Waals surface area contributed by atoms with Gasteiger partial charge in [-0.25, -0.2) is 0 Å². The maximum atomic E-state index is 12.3. The summed E-state index contributed by atoms with van der Waals surface area (Å²) in [5, 5.41) is 3.23. The molecule has 0 atom stereocenters. The standard InChI is InChI=1S/C16H24ClN3O3.2ClH/c1-16(2)10-20(6-7-23-16)5-4-19-15(21)11-8-12(17)13(18)9-14(11)22-3;;/h8-9H,4-7,10,18H2,1-3H3,(H,19,21);2*1H. The second-order valence-corrected chi connectivity index (χ2v) is 6.62. The van der Waals surface area contributed by atoms with E-state index in [9.17, 15) is 4.79 Å². The molecule has 6 nitrogen and oxygen atoms in total.